The van der Waals surface area contributed by atoms with Gasteiger partial charge in [-0.2, -0.15) is 0 Å². The topological polar surface area (TPSA) is 24.9 Å². The molecule has 0 aliphatic rings. The average Bonchev–Trinajstić information content (AvgIpc) is 2.82. The Bertz CT molecular complexity index is 434. The van der Waals surface area contributed by atoms with E-state index >= 15 is 0 Å². The number of aromatic nitrogens is 1. The molecule has 0 aliphatic carbocycles. The van der Waals surface area contributed by atoms with E-state index in [4.69, 9.17) is 0 Å². The van der Waals surface area contributed by atoms with E-state index in [1.54, 1.807) is 11.3 Å². The minimum absolute atomic E-state index is 0.367. The molecule has 2 rings (SSSR count). The van der Waals surface area contributed by atoms with E-state index in [1.165, 1.54) is 16.1 Å². The van der Waals surface area contributed by atoms with E-state index in [2.05, 4.69) is 48.4 Å². The Balaban J connectivity index is 2.13. The van der Waals surface area contributed by atoms with Gasteiger partial charge in [-0.05, 0) is 19.0 Å². The van der Waals surface area contributed by atoms with Gasteiger partial charge in [0.05, 0.1) is 5.01 Å². The minimum atomic E-state index is 0.367. The normalized spacial score (nSPS) is 12.6. The Labute approximate surface area is 107 Å². The van der Waals surface area contributed by atoms with Crippen molar-refractivity contribution in [3.8, 4) is 0 Å². The molecule has 0 aliphatic heterocycles. The van der Waals surface area contributed by atoms with Crippen molar-refractivity contribution in [3.05, 3.63) is 52.0 Å². The van der Waals surface area contributed by atoms with Crippen molar-refractivity contribution < 1.29 is 0 Å². The summed E-state index contributed by atoms with van der Waals surface area (Å²) in [6.45, 7) is 5.24. The number of likely N-dealkylation sites (N-methyl/N-ethyl adjacent to an activating group) is 1. The molecule has 0 bridgehead atoms. The van der Waals surface area contributed by atoms with Crippen molar-refractivity contribution in [2.45, 2.75) is 26.3 Å². The molecule has 1 heterocycles. The molecule has 1 N–H and O–H groups in total. The quantitative estimate of drug-likeness (QED) is 0.875. The van der Waals surface area contributed by atoms with Gasteiger partial charge >= 0.3 is 0 Å². The maximum absolute atomic E-state index is 4.36. The van der Waals surface area contributed by atoms with Gasteiger partial charge in [0.2, 0.25) is 0 Å². The molecule has 1 aromatic carbocycles. The van der Waals surface area contributed by atoms with Crippen LogP contribution in [0.1, 0.15) is 29.1 Å². The second kappa shape index (κ2) is 5.94. The first-order valence-corrected chi connectivity index (χ1v) is 6.86. The molecule has 17 heavy (non-hydrogen) atoms. The zero-order valence-corrected chi connectivity index (χ0v) is 11.1. The van der Waals surface area contributed by atoms with Crippen LogP contribution in [0.25, 0.3) is 0 Å². The number of hydrogen-bond acceptors (Lipinski definition) is 3. The second-order valence-corrected chi connectivity index (χ2v) is 5.13. The fourth-order valence-electron chi connectivity index (χ4n) is 1.88. The highest BCUT2D eigenvalue weighted by atomic mass is 32.1. The number of aryl methyl sites for hydroxylation is 1. The van der Waals surface area contributed by atoms with Crippen molar-refractivity contribution in [3.63, 3.8) is 0 Å². The van der Waals surface area contributed by atoms with Crippen LogP contribution in [-0.4, -0.2) is 11.5 Å². The molecule has 2 nitrogen and oxygen atoms in total. The second-order valence-electron chi connectivity index (χ2n) is 4.15. The zero-order valence-electron chi connectivity index (χ0n) is 10.3. The first kappa shape index (κ1) is 12.3. The molecule has 0 radical (unpaired) electrons. The lowest BCUT2D eigenvalue weighted by atomic mass is 10.0. The van der Waals surface area contributed by atoms with Crippen LogP contribution < -0.4 is 5.32 Å². The van der Waals surface area contributed by atoms with Crippen LogP contribution in [0.3, 0.4) is 0 Å². The van der Waals surface area contributed by atoms with Crippen LogP contribution in [0.5, 0.6) is 0 Å². The molecule has 0 saturated heterocycles. The van der Waals surface area contributed by atoms with Crippen molar-refractivity contribution in [1.29, 1.82) is 0 Å². The molecule has 0 spiro atoms. The number of hydrogen-bond donors (Lipinski definition) is 1. The van der Waals surface area contributed by atoms with Crippen molar-refractivity contribution in [2.75, 3.05) is 6.54 Å². The van der Waals surface area contributed by atoms with Crippen molar-refractivity contribution in [2.24, 2.45) is 0 Å². The van der Waals surface area contributed by atoms with Gasteiger partial charge in [0.25, 0.3) is 0 Å². The summed E-state index contributed by atoms with van der Waals surface area (Å²) in [6.07, 6.45) is 2.84. The van der Waals surface area contributed by atoms with Crippen LogP contribution >= 0.6 is 11.3 Å². The van der Waals surface area contributed by atoms with Gasteiger partial charge in [0, 0.05) is 24.0 Å². The van der Waals surface area contributed by atoms with Gasteiger partial charge in [-0.25, -0.2) is 4.98 Å². The first-order valence-electron chi connectivity index (χ1n) is 5.98. The third kappa shape index (κ3) is 3.38. The fourth-order valence-corrected chi connectivity index (χ4v) is 2.54. The molecule has 0 fully saturated rings. The molecule has 2 aromatic rings. The van der Waals surface area contributed by atoms with Crippen molar-refractivity contribution >= 4 is 11.3 Å². The van der Waals surface area contributed by atoms with E-state index in [0.29, 0.717) is 6.04 Å². The molecular weight excluding hydrogens is 228 g/mol. The summed E-state index contributed by atoms with van der Waals surface area (Å²) in [7, 11) is 0. The van der Waals surface area contributed by atoms with Gasteiger partial charge in [-0.3, -0.25) is 0 Å². The summed E-state index contributed by atoms with van der Waals surface area (Å²) in [5.41, 5.74) is 2.64. The lowest BCUT2D eigenvalue weighted by Gasteiger charge is -2.17. The summed E-state index contributed by atoms with van der Waals surface area (Å²) >= 11 is 1.72. The smallest absolute Gasteiger partial charge is 0.0943 e. The summed E-state index contributed by atoms with van der Waals surface area (Å²) in [6, 6.07) is 9.11. The SMILES string of the molecule is CCNC(Cc1nccs1)c1ccc(C)cc1. The van der Waals surface area contributed by atoms with Crippen LogP contribution in [0, 0.1) is 6.92 Å². The molecule has 0 saturated carbocycles. The first-order chi connectivity index (χ1) is 8.29. The van der Waals surface area contributed by atoms with Crippen LogP contribution in [0.15, 0.2) is 35.8 Å². The Morgan fingerprint density at radius 1 is 1.29 bits per heavy atom. The fraction of sp³-hybridized carbons (Fsp3) is 0.357. The summed E-state index contributed by atoms with van der Waals surface area (Å²) in [4.78, 5) is 4.36. The Morgan fingerprint density at radius 2 is 2.06 bits per heavy atom. The Morgan fingerprint density at radius 3 is 2.65 bits per heavy atom. The minimum Gasteiger partial charge on any atom is -0.310 e. The monoisotopic (exact) mass is 246 g/mol. The predicted octanol–water partition coefficient (Wildman–Crippen LogP) is 3.34. The highest BCUT2D eigenvalue weighted by Gasteiger charge is 2.12. The summed E-state index contributed by atoms with van der Waals surface area (Å²) < 4.78 is 0. The Kier molecular flexibility index (Phi) is 4.29. The molecular formula is C14H18N2S. The average molecular weight is 246 g/mol. The molecule has 1 aromatic heterocycles. The molecule has 1 atom stereocenters. The lowest BCUT2D eigenvalue weighted by Crippen LogP contribution is -2.22. The highest BCUT2D eigenvalue weighted by Crippen LogP contribution is 2.20. The lowest BCUT2D eigenvalue weighted by molar-refractivity contribution is 0.548. The van der Waals surface area contributed by atoms with Gasteiger partial charge in [0.1, 0.15) is 0 Å². The van der Waals surface area contributed by atoms with Gasteiger partial charge in [-0.15, -0.1) is 11.3 Å². The highest BCUT2D eigenvalue weighted by molar-refractivity contribution is 7.09. The van der Waals surface area contributed by atoms with E-state index < -0.39 is 0 Å². The van der Waals surface area contributed by atoms with Crippen LogP contribution in [0.4, 0.5) is 0 Å². The number of rotatable bonds is 5. The third-order valence-corrected chi connectivity index (χ3v) is 3.59. The van der Waals surface area contributed by atoms with E-state index in [1.807, 2.05) is 11.6 Å². The standard InChI is InChI=1S/C14H18N2S/c1-3-15-13(10-14-16-8-9-17-14)12-6-4-11(2)5-7-12/h4-9,13,15H,3,10H2,1-2H3. The van der Waals surface area contributed by atoms with Crippen LogP contribution in [0.2, 0.25) is 0 Å². The number of nitrogens with one attached hydrogen (secondary N) is 1. The maximum atomic E-state index is 4.36. The molecule has 3 heteroatoms. The molecule has 0 amide bonds. The molecule has 90 valence electrons. The number of thiazole rings is 1. The summed E-state index contributed by atoms with van der Waals surface area (Å²) in [5.74, 6) is 0. The van der Waals surface area contributed by atoms with Crippen LogP contribution in [-0.2, 0) is 6.42 Å². The van der Waals surface area contributed by atoms with Crippen molar-refractivity contribution in [1.82, 2.24) is 10.3 Å². The van der Waals surface area contributed by atoms with E-state index in [9.17, 15) is 0 Å². The van der Waals surface area contributed by atoms with Gasteiger partial charge in [-0.1, -0.05) is 36.8 Å². The van der Waals surface area contributed by atoms with E-state index in [-0.39, 0.29) is 0 Å². The van der Waals surface area contributed by atoms with Gasteiger partial charge in [0.15, 0.2) is 0 Å². The maximum Gasteiger partial charge on any atom is 0.0943 e. The Hall–Kier alpha value is -1.19. The molecule has 1 unspecified atom stereocenters. The summed E-state index contributed by atoms with van der Waals surface area (Å²) in [5, 5.41) is 6.75. The van der Waals surface area contributed by atoms with E-state index in [0.717, 1.165) is 13.0 Å². The predicted molar refractivity (Wildman–Crippen MR) is 73.4 cm³/mol. The third-order valence-electron chi connectivity index (χ3n) is 2.79. The van der Waals surface area contributed by atoms with Gasteiger partial charge < -0.3 is 5.32 Å². The number of nitrogens with zero attached hydrogens (tertiary/aromatic N) is 1. The zero-order chi connectivity index (χ0) is 12.1. The number of benzene rings is 1. The largest absolute Gasteiger partial charge is 0.310 e.